The fourth-order valence-electron chi connectivity index (χ4n) is 4.02. The van der Waals surface area contributed by atoms with E-state index >= 15 is 0 Å². The number of nitrogens with one attached hydrogen (secondary N) is 1. The number of amides is 2. The number of hydrogen-bond acceptors (Lipinski definition) is 4. The van der Waals surface area contributed by atoms with Gasteiger partial charge in [-0.1, -0.05) is 0 Å². The SMILES string of the molecule is COc1ccc(C(=O)NC2CCC([C@H](N)C(=O)N(C)C3CCC3)CC2)cc1. The summed E-state index contributed by atoms with van der Waals surface area (Å²) < 4.78 is 5.12. The third-order valence-electron chi connectivity index (χ3n) is 6.22. The molecule has 2 aliphatic carbocycles. The average molecular weight is 373 g/mol. The summed E-state index contributed by atoms with van der Waals surface area (Å²) >= 11 is 0. The van der Waals surface area contributed by atoms with Gasteiger partial charge in [-0.2, -0.15) is 0 Å². The molecule has 2 aliphatic rings. The number of likely N-dealkylation sites (N-methyl/N-ethyl adjacent to an activating group) is 1. The fraction of sp³-hybridized carbons (Fsp3) is 0.619. The number of ether oxygens (including phenoxy) is 1. The first-order valence-corrected chi connectivity index (χ1v) is 9.96. The van der Waals surface area contributed by atoms with Crippen molar-refractivity contribution in [3.8, 4) is 5.75 Å². The Morgan fingerprint density at radius 3 is 2.26 bits per heavy atom. The Balaban J connectivity index is 1.46. The van der Waals surface area contributed by atoms with Crippen LogP contribution in [0.5, 0.6) is 5.75 Å². The third kappa shape index (κ3) is 4.61. The molecule has 3 N–H and O–H groups in total. The van der Waals surface area contributed by atoms with Crippen molar-refractivity contribution in [1.29, 1.82) is 0 Å². The maximum atomic E-state index is 12.6. The molecular weight excluding hydrogens is 342 g/mol. The molecular formula is C21H31N3O3. The maximum absolute atomic E-state index is 12.6. The van der Waals surface area contributed by atoms with Gasteiger partial charge in [0.25, 0.3) is 5.91 Å². The van der Waals surface area contributed by atoms with Gasteiger partial charge < -0.3 is 20.7 Å². The normalized spacial score (nSPS) is 23.8. The highest BCUT2D eigenvalue weighted by molar-refractivity contribution is 5.94. The second-order valence-electron chi connectivity index (χ2n) is 7.87. The molecule has 2 saturated carbocycles. The summed E-state index contributed by atoms with van der Waals surface area (Å²) in [5, 5.41) is 3.10. The monoisotopic (exact) mass is 373 g/mol. The van der Waals surface area contributed by atoms with E-state index in [0.29, 0.717) is 11.6 Å². The largest absolute Gasteiger partial charge is 0.497 e. The highest BCUT2D eigenvalue weighted by Gasteiger charge is 2.34. The lowest BCUT2D eigenvalue weighted by Gasteiger charge is -2.38. The number of rotatable bonds is 6. The molecule has 1 atom stereocenters. The van der Waals surface area contributed by atoms with Crippen molar-refractivity contribution in [3.05, 3.63) is 29.8 Å². The van der Waals surface area contributed by atoms with Gasteiger partial charge in [0.05, 0.1) is 13.2 Å². The van der Waals surface area contributed by atoms with Crippen LogP contribution in [-0.4, -0.2) is 49.0 Å². The number of hydrogen-bond donors (Lipinski definition) is 2. The number of benzene rings is 1. The first-order chi connectivity index (χ1) is 13.0. The molecule has 0 aromatic heterocycles. The Morgan fingerprint density at radius 2 is 1.74 bits per heavy atom. The van der Waals surface area contributed by atoms with Gasteiger partial charge in [0.15, 0.2) is 0 Å². The third-order valence-corrected chi connectivity index (χ3v) is 6.22. The molecule has 0 bridgehead atoms. The van der Waals surface area contributed by atoms with E-state index in [9.17, 15) is 9.59 Å². The zero-order valence-corrected chi connectivity index (χ0v) is 16.3. The van der Waals surface area contributed by atoms with E-state index in [-0.39, 0.29) is 23.8 Å². The molecule has 6 nitrogen and oxygen atoms in total. The highest BCUT2D eigenvalue weighted by atomic mass is 16.5. The smallest absolute Gasteiger partial charge is 0.251 e. The van der Waals surface area contributed by atoms with Gasteiger partial charge >= 0.3 is 0 Å². The minimum Gasteiger partial charge on any atom is -0.497 e. The molecule has 0 spiro atoms. The summed E-state index contributed by atoms with van der Waals surface area (Å²) in [7, 11) is 3.49. The van der Waals surface area contributed by atoms with Gasteiger partial charge in [0, 0.05) is 24.7 Å². The molecule has 6 heteroatoms. The summed E-state index contributed by atoms with van der Waals surface area (Å²) in [6.45, 7) is 0. The number of carbonyl (C=O) groups is 2. The van der Waals surface area contributed by atoms with Crippen LogP contribution in [0.2, 0.25) is 0 Å². The molecule has 0 radical (unpaired) electrons. The summed E-state index contributed by atoms with van der Waals surface area (Å²) in [5.41, 5.74) is 6.92. The van der Waals surface area contributed by atoms with E-state index in [4.69, 9.17) is 10.5 Å². The van der Waals surface area contributed by atoms with Crippen molar-refractivity contribution in [2.45, 2.75) is 63.1 Å². The zero-order chi connectivity index (χ0) is 19.4. The molecule has 0 heterocycles. The second kappa shape index (κ2) is 8.74. The van der Waals surface area contributed by atoms with Crippen LogP contribution in [0.15, 0.2) is 24.3 Å². The minimum atomic E-state index is -0.422. The quantitative estimate of drug-likeness (QED) is 0.801. The number of nitrogens with zero attached hydrogens (tertiary/aromatic N) is 1. The molecule has 2 amide bonds. The molecule has 2 fully saturated rings. The maximum Gasteiger partial charge on any atom is 0.251 e. The second-order valence-corrected chi connectivity index (χ2v) is 7.87. The Labute approximate surface area is 161 Å². The van der Waals surface area contributed by atoms with Gasteiger partial charge in [0.2, 0.25) is 5.91 Å². The predicted octanol–water partition coefficient (Wildman–Crippen LogP) is 2.32. The van der Waals surface area contributed by atoms with Crippen LogP contribution in [0, 0.1) is 5.92 Å². The first kappa shape index (κ1) is 19.7. The standard InChI is InChI=1S/C21H31N3O3/c1-24(17-4-3-5-17)21(26)19(22)14-6-10-16(11-7-14)23-20(25)15-8-12-18(27-2)13-9-15/h8-9,12-14,16-17,19H,3-7,10-11,22H2,1-2H3,(H,23,25)/t14?,16?,19-/m0/s1. The van der Waals surface area contributed by atoms with Gasteiger partial charge in [-0.15, -0.1) is 0 Å². The highest BCUT2D eigenvalue weighted by Crippen LogP contribution is 2.29. The summed E-state index contributed by atoms with van der Waals surface area (Å²) in [5.74, 6) is 0.948. The van der Waals surface area contributed by atoms with E-state index in [0.717, 1.165) is 44.3 Å². The van der Waals surface area contributed by atoms with Crippen LogP contribution in [-0.2, 0) is 4.79 Å². The van der Waals surface area contributed by atoms with Crippen molar-refractivity contribution in [2.24, 2.45) is 11.7 Å². The minimum absolute atomic E-state index is 0.0637. The van der Waals surface area contributed by atoms with E-state index < -0.39 is 6.04 Å². The molecule has 0 unspecified atom stereocenters. The zero-order valence-electron chi connectivity index (χ0n) is 16.3. The predicted molar refractivity (Wildman–Crippen MR) is 105 cm³/mol. The summed E-state index contributed by atoms with van der Waals surface area (Å²) in [4.78, 5) is 26.8. The van der Waals surface area contributed by atoms with E-state index in [1.54, 1.807) is 31.4 Å². The van der Waals surface area contributed by atoms with Gasteiger partial charge in [-0.25, -0.2) is 0 Å². The van der Waals surface area contributed by atoms with Crippen molar-refractivity contribution in [2.75, 3.05) is 14.2 Å². The van der Waals surface area contributed by atoms with Gasteiger partial charge in [0.1, 0.15) is 5.75 Å². The lowest BCUT2D eigenvalue weighted by Crippen LogP contribution is -2.52. The van der Waals surface area contributed by atoms with Gasteiger partial charge in [-0.3, -0.25) is 9.59 Å². The average Bonchev–Trinajstić information content (AvgIpc) is 2.66. The molecule has 27 heavy (non-hydrogen) atoms. The number of carbonyl (C=O) groups excluding carboxylic acids is 2. The lowest BCUT2D eigenvalue weighted by atomic mass is 9.80. The molecule has 1 aromatic carbocycles. The molecule has 1 aromatic rings. The van der Waals surface area contributed by atoms with Crippen LogP contribution in [0.1, 0.15) is 55.3 Å². The molecule has 3 rings (SSSR count). The van der Waals surface area contributed by atoms with Crippen molar-refractivity contribution >= 4 is 11.8 Å². The molecule has 0 aliphatic heterocycles. The van der Waals surface area contributed by atoms with Crippen molar-refractivity contribution < 1.29 is 14.3 Å². The molecule has 148 valence electrons. The van der Waals surface area contributed by atoms with Crippen molar-refractivity contribution in [3.63, 3.8) is 0 Å². The number of nitrogens with two attached hydrogens (primary N) is 1. The van der Waals surface area contributed by atoms with Crippen LogP contribution in [0.3, 0.4) is 0 Å². The van der Waals surface area contributed by atoms with Crippen molar-refractivity contribution in [1.82, 2.24) is 10.2 Å². The van der Waals surface area contributed by atoms with Crippen LogP contribution in [0.4, 0.5) is 0 Å². The number of methoxy groups -OCH3 is 1. The molecule has 0 saturated heterocycles. The Hall–Kier alpha value is -2.08. The Morgan fingerprint density at radius 1 is 1.11 bits per heavy atom. The van der Waals surface area contributed by atoms with Crippen LogP contribution in [0.25, 0.3) is 0 Å². The first-order valence-electron chi connectivity index (χ1n) is 9.96. The lowest BCUT2D eigenvalue weighted by molar-refractivity contribution is -0.136. The van der Waals surface area contributed by atoms with Crippen LogP contribution < -0.4 is 15.8 Å². The van der Waals surface area contributed by atoms with Gasteiger partial charge in [-0.05, 0) is 75.1 Å². The Kier molecular flexibility index (Phi) is 6.37. The topological polar surface area (TPSA) is 84.7 Å². The fourth-order valence-corrected chi connectivity index (χ4v) is 4.02. The van der Waals surface area contributed by atoms with E-state index in [1.165, 1.54) is 6.42 Å². The van der Waals surface area contributed by atoms with E-state index in [1.807, 2.05) is 11.9 Å². The summed E-state index contributed by atoms with van der Waals surface area (Å²) in [6.07, 6.45) is 6.87. The van der Waals surface area contributed by atoms with E-state index in [2.05, 4.69) is 5.32 Å². The Bertz CT molecular complexity index is 649. The van der Waals surface area contributed by atoms with Crippen LogP contribution >= 0.6 is 0 Å². The summed E-state index contributed by atoms with van der Waals surface area (Å²) in [6, 6.07) is 7.21.